The van der Waals surface area contributed by atoms with Crippen LogP contribution >= 0.6 is 0 Å². The maximum absolute atomic E-state index is 13.8. The largest absolute Gasteiger partial charge is 0.497 e. The van der Waals surface area contributed by atoms with Crippen molar-refractivity contribution >= 4 is 5.97 Å². The normalized spacial score (nSPS) is 12.5. The Balaban J connectivity index is 2.73. The van der Waals surface area contributed by atoms with Crippen LogP contribution in [0.5, 0.6) is 5.75 Å². The van der Waals surface area contributed by atoms with E-state index in [0.29, 0.717) is 30.9 Å². The summed E-state index contributed by atoms with van der Waals surface area (Å²) >= 11 is 0. The molecule has 0 bridgehead atoms. The maximum Gasteiger partial charge on any atom is 0.307 e. The summed E-state index contributed by atoms with van der Waals surface area (Å²) in [5, 5.41) is 8.90. The lowest BCUT2D eigenvalue weighted by atomic mass is 10.1. The molecule has 1 rings (SSSR count). The minimum atomic E-state index is -0.839. The third-order valence-corrected chi connectivity index (χ3v) is 3.06. The molecule has 0 aliphatic rings. The van der Waals surface area contributed by atoms with Gasteiger partial charge in [-0.3, -0.25) is 9.69 Å². The van der Waals surface area contributed by atoms with E-state index in [2.05, 4.69) is 0 Å². The number of nitrogens with zero attached hydrogens (tertiary/aromatic N) is 1. The van der Waals surface area contributed by atoms with E-state index in [4.69, 9.17) is 9.84 Å². The molecule has 0 fully saturated rings. The smallest absolute Gasteiger partial charge is 0.307 e. The number of hydrogen-bond acceptors (Lipinski definition) is 3. The van der Waals surface area contributed by atoms with Gasteiger partial charge in [0.1, 0.15) is 11.6 Å². The van der Waals surface area contributed by atoms with Crippen LogP contribution in [0, 0.1) is 11.7 Å². The lowest BCUT2D eigenvalue weighted by Gasteiger charge is -2.22. The van der Waals surface area contributed by atoms with Crippen molar-refractivity contribution in [3.8, 4) is 5.75 Å². The molecule has 1 aromatic rings. The Morgan fingerprint density at radius 3 is 2.68 bits per heavy atom. The maximum atomic E-state index is 13.8. The van der Waals surface area contributed by atoms with E-state index in [1.165, 1.54) is 13.2 Å². The van der Waals surface area contributed by atoms with Crippen LogP contribution in [0.1, 0.15) is 19.4 Å². The summed E-state index contributed by atoms with van der Waals surface area (Å²) < 4.78 is 18.8. The van der Waals surface area contributed by atoms with Gasteiger partial charge in [0.05, 0.1) is 13.0 Å². The third-order valence-electron chi connectivity index (χ3n) is 3.06. The standard InChI is InChI=1S/C14H20FNO3/c1-4-16(8-10(2)14(17)18)9-11-5-6-12(19-3)7-13(11)15/h5-7,10H,4,8-9H2,1-3H3,(H,17,18). The number of ether oxygens (including phenoxy) is 1. The Bertz CT molecular complexity index is 437. The Kier molecular flexibility index (Phi) is 5.76. The quantitative estimate of drug-likeness (QED) is 0.825. The van der Waals surface area contributed by atoms with E-state index in [-0.39, 0.29) is 5.82 Å². The summed E-state index contributed by atoms with van der Waals surface area (Å²) in [4.78, 5) is 12.7. The highest BCUT2D eigenvalue weighted by Crippen LogP contribution is 2.18. The highest BCUT2D eigenvalue weighted by Gasteiger charge is 2.16. The first kappa shape index (κ1) is 15.4. The van der Waals surface area contributed by atoms with Gasteiger partial charge in [0.2, 0.25) is 0 Å². The van der Waals surface area contributed by atoms with Crippen molar-refractivity contribution < 1.29 is 19.0 Å². The number of carbonyl (C=O) groups is 1. The molecule has 0 saturated carbocycles. The molecule has 1 atom stereocenters. The lowest BCUT2D eigenvalue weighted by molar-refractivity contribution is -0.141. The van der Waals surface area contributed by atoms with Crippen LogP contribution in [0.15, 0.2) is 18.2 Å². The monoisotopic (exact) mass is 269 g/mol. The lowest BCUT2D eigenvalue weighted by Crippen LogP contribution is -2.31. The van der Waals surface area contributed by atoms with Crippen LogP contribution in [0.2, 0.25) is 0 Å². The molecule has 5 heteroatoms. The number of hydrogen-bond donors (Lipinski definition) is 1. The summed E-state index contributed by atoms with van der Waals surface area (Å²) in [5.41, 5.74) is 0.542. The van der Waals surface area contributed by atoms with Gasteiger partial charge in [0.15, 0.2) is 0 Å². The fourth-order valence-corrected chi connectivity index (χ4v) is 1.79. The number of carboxylic acids is 1. The van der Waals surface area contributed by atoms with Gasteiger partial charge >= 0.3 is 5.97 Å². The number of methoxy groups -OCH3 is 1. The van der Waals surface area contributed by atoms with Gasteiger partial charge in [-0.25, -0.2) is 4.39 Å². The molecular weight excluding hydrogens is 249 g/mol. The average Bonchev–Trinajstić information content (AvgIpc) is 2.39. The van der Waals surface area contributed by atoms with Crippen molar-refractivity contribution in [3.05, 3.63) is 29.6 Å². The first-order valence-electron chi connectivity index (χ1n) is 6.25. The van der Waals surface area contributed by atoms with E-state index in [0.717, 1.165) is 0 Å². The molecule has 0 aliphatic heterocycles. The minimum Gasteiger partial charge on any atom is -0.497 e. The summed E-state index contributed by atoms with van der Waals surface area (Å²) in [5.74, 6) is -1.17. The highest BCUT2D eigenvalue weighted by atomic mass is 19.1. The van der Waals surface area contributed by atoms with Crippen molar-refractivity contribution in [3.63, 3.8) is 0 Å². The fourth-order valence-electron chi connectivity index (χ4n) is 1.79. The van der Waals surface area contributed by atoms with Crippen molar-refractivity contribution in [1.29, 1.82) is 0 Å². The molecule has 4 nitrogen and oxygen atoms in total. The number of carboxylic acid groups (broad SMARTS) is 1. The van der Waals surface area contributed by atoms with Gasteiger partial charge in [-0.2, -0.15) is 0 Å². The van der Waals surface area contributed by atoms with Crippen molar-refractivity contribution in [2.45, 2.75) is 20.4 Å². The summed E-state index contributed by atoms with van der Waals surface area (Å²) in [6, 6.07) is 4.71. The Morgan fingerprint density at radius 1 is 1.53 bits per heavy atom. The number of benzene rings is 1. The van der Waals surface area contributed by atoms with Gasteiger partial charge < -0.3 is 9.84 Å². The predicted octanol–water partition coefficient (Wildman–Crippen LogP) is 2.38. The second-order valence-electron chi connectivity index (χ2n) is 4.52. The van der Waals surface area contributed by atoms with Crippen LogP contribution < -0.4 is 4.74 Å². The summed E-state index contributed by atoms with van der Waals surface area (Å²) in [6.45, 7) is 5.04. The van der Waals surface area contributed by atoms with Crippen LogP contribution in [0.25, 0.3) is 0 Å². The second-order valence-corrected chi connectivity index (χ2v) is 4.52. The van der Waals surface area contributed by atoms with Crippen molar-refractivity contribution in [1.82, 2.24) is 4.90 Å². The molecule has 19 heavy (non-hydrogen) atoms. The molecule has 0 amide bonds. The molecule has 1 N–H and O–H groups in total. The first-order valence-corrected chi connectivity index (χ1v) is 6.25. The van der Waals surface area contributed by atoms with Gasteiger partial charge in [-0.05, 0) is 12.6 Å². The highest BCUT2D eigenvalue weighted by molar-refractivity contribution is 5.69. The van der Waals surface area contributed by atoms with Crippen LogP contribution in [-0.2, 0) is 11.3 Å². The summed E-state index contributed by atoms with van der Waals surface area (Å²) in [6.07, 6.45) is 0. The van der Waals surface area contributed by atoms with Gasteiger partial charge in [-0.1, -0.05) is 19.9 Å². The van der Waals surface area contributed by atoms with Gasteiger partial charge in [0.25, 0.3) is 0 Å². The topological polar surface area (TPSA) is 49.8 Å². The van der Waals surface area contributed by atoms with E-state index in [1.54, 1.807) is 19.1 Å². The molecular formula is C14H20FNO3. The average molecular weight is 269 g/mol. The molecule has 0 aromatic heterocycles. The molecule has 0 heterocycles. The van der Waals surface area contributed by atoms with Gasteiger partial charge in [0, 0.05) is 24.7 Å². The van der Waals surface area contributed by atoms with Crippen molar-refractivity contribution in [2.75, 3.05) is 20.2 Å². The second kappa shape index (κ2) is 7.09. The predicted molar refractivity (Wildman–Crippen MR) is 70.7 cm³/mol. The van der Waals surface area contributed by atoms with Crippen molar-refractivity contribution in [2.24, 2.45) is 5.92 Å². The van der Waals surface area contributed by atoms with Crippen LogP contribution in [-0.4, -0.2) is 36.2 Å². The van der Waals surface area contributed by atoms with Crippen LogP contribution in [0.4, 0.5) is 4.39 Å². The number of halogens is 1. The Morgan fingerprint density at radius 2 is 2.21 bits per heavy atom. The first-order chi connectivity index (χ1) is 8.97. The molecule has 0 saturated heterocycles. The minimum absolute atomic E-state index is 0.333. The SMILES string of the molecule is CCN(Cc1ccc(OC)cc1F)CC(C)C(=O)O. The van der Waals surface area contributed by atoms with E-state index >= 15 is 0 Å². The van der Waals surface area contributed by atoms with E-state index in [1.807, 2.05) is 11.8 Å². The number of aliphatic carboxylic acids is 1. The number of rotatable bonds is 7. The van der Waals surface area contributed by atoms with Crippen LogP contribution in [0.3, 0.4) is 0 Å². The van der Waals surface area contributed by atoms with E-state index in [9.17, 15) is 9.18 Å². The molecule has 0 radical (unpaired) electrons. The molecule has 106 valence electrons. The molecule has 0 aliphatic carbocycles. The fraction of sp³-hybridized carbons (Fsp3) is 0.500. The van der Waals surface area contributed by atoms with E-state index < -0.39 is 11.9 Å². The summed E-state index contributed by atoms with van der Waals surface area (Å²) in [7, 11) is 1.49. The zero-order valence-corrected chi connectivity index (χ0v) is 11.5. The Labute approximate surface area is 112 Å². The zero-order valence-electron chi connectivity index (χ0n) is 11.5. The zero-order chi connectivity index (χ0) is 14.4. The Hall–Kier alpha value is -1.62. The molecule has 1 aromatic carbocycles. The van der Waals surface area contributed by atoms with Gasteiger partial charge in [-0.15, -0.1) is 0 Å². The molecule has 1 unspecified atom stereocenters. The third kappa shape index (κ3) is 4.52. The molecule has 0 spiro atoms.